The van der Waals surface area contributed by atoms with Crippen LogP contribution in [0.2, 0.25) is 5.02 Å². The lowest BCUT2D eigenvalue weighted by Crippen LogP contribution is -2.02. The number of aryl methyl sites for hydroxylation is 1. The van der Waals surface area contributed by atoms with Gasteiger partial charge in [0.2, 0.25) is 5.88 Å². The number of Topliss-reactive ketones (excluding diaryl/α,β-unsaturated/α-hetero) is 1. The fraction of sp³-hybridized carbons (Fsp3) is 0.136. The van der Waals surface area contributed by atoms with Gasteiger partial charge in [0.25, 0.3) is 0 Å². The van der Waals surface area contributed by atoms with Crippen LogP contribution in [0, 0.1) is 6.92 Å². The molecule has 136 valence electrons. The minimum atomic E-state index is -0.0107. The van der Waals surface area contributed by atoms with Crippen LogP contribution >= 0.6 is 11.6 Å². The molecule has 1 heterocycles. The quantitative estimate of drug-likeness (QED) is 0.393. The van der Waals surface area contributed by atoms with Crippen LogP contribution in [-0.4, -0.2) is 16.5 Å². The molecule has 3 rings (SSSR count). The Kier molecular flexibility index (Phi) is 5.67. The molecule has 0 spiro atoms. The van der Waals surface area contributed by atoms with Gasteiger partial charge in [-0.05, 0) is 68.8 Å². The van der Waals surface area contributed by atoms with E-state index in [4.69, 9.17) is 16.3 Å². The van der Waals surface area contributed by atoms with E-state index < -0.39 is 0 Å². The van der Waals surface area contributed by atoms with E-state index in [0.29, 0.717) is 33.6 Å². The highest BCUT2D eigenvalue weighted by molar-refractivity contribution is 6.30. The number of carbonyl (C=O) groups excluding carboxylic acids is 1. The minimum Gasteiger partial charge on any atom is -0.438 e. The number of pyridine rings is 1. The molecule has 0 aliphatic heterocycles. The van der Waals surface area contributed by atoms with E-state index in [1.807, 2.05) is 44.2 Å². The maximum absolute atomic E-state index is 12.0. The zero-order chi connectivity index (χ0) is 19.4. The number of ketones is 1. The van der Waals surface area contributed by atoms with E-state index in [9.17, 15) is 4.79 Å². The van der Waals surface area contributed by atoms with Crippen LogP contribution in [0.4, 0.5) is 5.69 Å². The van der Waals surface area contributed by atoms with Gasteiger partial charge in [0.1, 0.15) is 5.75 Å². The molecule has 0 fully saturated rings. The van der Waals surface area contributed by atoms with E-state index in [2.05, 4.69) is 9.98 Å². The van der Waals surface area contributed by atoms with Crippen LogP contribution < -0.4 is 4.74 Å². The Labute approximate surface area is 163 Å². The molecular weight excluding hydrogens is 360 g/mol. The Morgan fingerprint density at radius 1 is 1.04 bits per heavy atom. The van der Waals surface area contributed by atoms with E-state index >= 15 is 0 Å². The summed E-state index contributed by atoms with van der Waals surface area (Å²) in [6.07, 6.45) is 1.66. The molecule has 5 heteroatoms. The third-order valence-electron chi connectivity index (χ3n) is 4.08. The summed E-state index contributed by atoms with van der Waals surface area (Å²) in [5.41, 5.74) is 3.63. The van der Waals surface area contributed by atoms with Gasteiger partial charge >= 0.3 is 0 Å². The van der Waals surface area contributed by atoms with Crippen molar-refractivity contribution < 1.29 is 9.53 Å². The second-order valence-electron chi connectivity index (χ2n) is 6.13. The Balaban J connectivity index is 2.00. The second kappa shape index (κ2) is 8.14. The Morgan fingerprint density at radius 3 is 2.48 bits per heavy atom. The summed E-state index contributed by atoms with van der Waals surface area (Å²) in [5, 5.41) is 0.637. The first-order chi connectivity index (χ1) is 13.0. The molecule has 3 aromatic rings. The lowest BCUT2D eigenvalue weighted by atomic mass is 10.0. The van der Waals surface area contributed by atoms with Crippen LogP contribution in [0.3, 0.4) is 0 Å². The fourth-order valence-corrected chi connectivity index (χ4v) is 2.93. The number of carbonyl (C=O) groups is 1. The van der Waals surface area contributed by atoms with Gasteiger partial charge in [-0.25, -0.2) is 4.98 Å². The van der Waals surface area contributed by atoms with Crippen molar-refractivity contribution in [1.82, 2.24) is 4.98 Å². The Hall–Kier alpha value is -2.98. The molecule has 0 unspecified atom stereocenters. The van der Waals surface area contributed by atoms with E-state index in [0.717, 1.165) is 11.1 Å². The molecule has 0 radical (unpaired) electrons. The van der Waals surface area contributed by atoms with Crippen molar-refractivity contribution in [3.05, 3.63) is 82.5 Å². The van der Waals surface area contributed by atoms with Crippen molar-refractivity contribution in [1.29, 1.82) is 0 Å². The number of ether oxygens (including phenoxy) is 1. The molecule has 2 aromatic carbocycles. The smallest absolute Gasteiger partial charge is 0.228 e. The highest BCUT2D eigenvalue weighted by Gasteiger charge is 2.13. The van der Waals surface area contributed by atoms with Gasteiger partial charge < -0.3 is 4.74 Å². The molecule has 0 atom stereocenters. The van der Waals surface area contributed by atoms with Crippen molar-refractivity contribution in [2.24, 2.45) is 4.99 Å². The molecule has 4 nitrogen and oxygen atoms in total. The number of nitrogens with zero attached hydrogens (tertiary/aromatic N) is 2. The molecule has 0 saturated heterocycles. The molecule has 0 saturated carbocycles. The van der Waals surface area contributed by atoms with Crippen LogP contribution in [0.15, 0.2) is 65.8 Å². The summed E-state index contributed by atoms with van der Waals surface area (Å²) in [4.78, 5) is 21.0. The van der Waals surface area contributed by atoms with Gasteiger partial charge in [0.15, 0.2) is 5.78 Å². The lowest BCUT2D eigenvalue weighted by molar-refractivity contribution is 0.101. The minimum absolute atomic E-state index is 0.0107. The molecule has 0 N–H and O–H groups in total. The molecule has 0 aliphatic carbocycles. The molecule has 0 bridgehead atoms. The largest absolute Gasteiger partial charge is 0.438 e. The first kappa shape index (κ1) is 18.8. The monoisotopic (exact) mass is 378 g/mol. The molecule has 27 heavy (non-hydrogen) atoms. The standard InChI is InChI=1S/C22H19ClN2O2/c1-14-6-4-8-20(21(14)16(3)26)25-15(2)19-7-5-13-24-22(19)27-18-11-9-17(23)10-12-18/h4-13H,1-3H3/b25-15+. The molecule has 0 amide bonds. The van der Waals surface area contributed by atoms with Gasteiger partial charge in [0, 0.05) is 16.8 Å². The average molecular weight is 379 g/mol. The highest BCUT2D eigenvalue weighted by Crippen LogP contribution is 2.28. The predicted molar refractivity (Wildman–Crippen MR) is 109 cm³/mol. The zero-order valence-corrected chi connectivity index (χ0v) is 16.1. The SMILES string of the molecule is CC(=O)c1c(C)cccc1/N=C(\C)c1cccnc1Oc1ccc(Cl)cc1. The molecule has 1 aromatic heterocycles. The second-order valence-corrected chi connectivity index (χ2v) is 6.57. The van der Waals surface area contributed by atoms with Crippen LogP contribution in [0.1, 0.15) is 35.3 Å². The van der Waals surface area contributed by atoms with Crippen LogP contribution in [-0.2, 0) is 0 Å². The molecule has 0 aliphatic rings. The van der Waals surface area contributed by atoms with Crippen molar-refractivity contribution in [3.8, 4) is 11.6 Å². The van der Waals surface area contributed by atoms with Crippen LogP contribution in [0.25, 0.3) is 0 Å². The van der Waals surface area contributed by atoms with E-state index in [1.165, 1.54) is 0 Å². The van der Waals surface area contributed by atoms with Crippen molar-refractivity contribution in [2.75, 3.05) is 0 Å². The summed E-state index contributed by atoms with van der Waals surface area (Å²) < 4.78 is 5.91. The maximum atomic E-state index is 12.0. The number of aliphatic imine (C=N–C) groups is 1. The summed E-state index contributed by atoms with van der Waals surface area (Å²) in [6, 6.07) is 16.4. The fourth-order valence-electron chi connectivity index (χ4n) is 2.81. The average Bonchev–Trinajstić information content (AvgIpc) is 2.64. The number of halogens is 1. The van der Waals surface area contributed by atoms with Crippen LogP contribution in [0.5, 0.6) is 11.6 Å². The number of hydrogen-bond donors (Lipinski definition) is 0. The van der Waals surface area contributed by atoms with E-state index in [-0.39, 0.29) is 5.78 Å². The highest BCUT2D eigenvalue weighted by atomic mass is 35.5. The van der Waals surface area contributed by atoms with Gasteiger partial charge in [-0.3, -0.25) is 9.79 Å². The summed E-state index contributed by atoms with van der Waals surface area (Å²) in [6.45, 7) is 5.33. The number of rotatable bonds is 5. The number of benzene rings is 2. The van der Waals surface area contributed by atoms with E-state index in [1.54, 1.807) is 37.4 Å². The summed E-state index contributed by atoms with van der Waals surface area (Å²) >= 11 is 5.92. The first-order valence-corrected chi connectivity index (χ1v) is 8.88. The van der Waals surface area contributed by atoms with Gasteiger partial charge in [-0.15, -0.1) is 0 Å². The third-order valence-corrected chi connectivity index (χ3v) is 4.33. The third kappa shape index (κ3) is 4.41. The number of hydrogen-bond acceptors (Lipinski definition) is 4. The first-order valence-electron chi connectivity index (χ1n) is 8.50. The summed E-state index contributed by atoms with van der Waals surface area (Å²) in [5.74, 6) is 1.06. The van der Waals surface area contributed by atoms with Gasteiger partial charge in [0.05, 0.1) is 17.0 Å². The summed E-state index contributed by atoms with van der Waals surface area (Å²) in [7, 11) is 0. The van der Waals surface area contributed by atoms with Gasteiger partial charge in [-0.1, -0.05) is 23.7 Å². The zero-order valence-electron chi connectivity index (χ0n) is 15.4. The molecular formula is C22H19ClN2O2. The Bertz CT molecular complexity index is 1010. The van der Waals surface area contributed by atoms with Crippen molar-refractivity contribution in [2.45, 2.75) is 20.8 Å². The predicted octanol–water partition coefficient (Wildman–Crippen LogP) is 6.18. The van der Waals surface area contributed by atoms with Crippen molar-refractivity contribution >= 4 is 28.8 Å². The lowest BCUT2D eigenvalue weighted by Gasteiger charge is -2.11. The maximum Gasteiger partial charge on any atom is 0.228 e. The normalized spacial score (nSPS) is 11.3. The Morgan fingerprint density at radius 2 is 1.78 bits per heavy atom. The van der Waals surface area contributed by atoms with Crippen molar-refractivity contribution in [3.63, 3.8) is 0 Å². The van der Waals surface area contributed by atoms with Gasteiger partial charge in [-0.2, -0.15) is 0 Å². The topological polar surface area (TPSA) is 51.5 Å². The number of aromatic nitrogens is 1.